The zero-order valence-corrected chi connectivity index (χ0v) is 18.3. The average Bonchev–Trinajstić information content (AvgIpc) is 3.16. The monoisotopic (exact) mass is 499 g/mol. The van der Waals surface area contributed by atoms with Crippen LogP contribution in [0.1, 0.15) is 15.9 Å². The van der Waals surface area contributed by atoms with Crippen LogP contribution in [0.25, 0.3) is 10.2 Å². The molecule has 0 aliphatic rings. The molecule has 4 aromatic rings. The minimum atomic E-state index is -0.630. The Morgan fingerprint density at radius 2 is 1.87 bits per heavy atom. The number of hydrogen-bond donors (Lipinski definition) is 3. The van der Waals surface area contributed by atoms with Crippen molar-refractivity contribution in [3.05, 3.63) is 74.5 Å². The fourth-order valence-corrected chi connectivity index (χ4v) is 3.97. The number of nitrogens with one attached hydrogen (secondary N) is 3. The number of carbonyl (C=O) groups is 1. The number of para-hydroxylation sites is 1. The number of amides is 1. The zero-order valence-electron chi connectivity index (χ0n) is 15.9. The van der Waals surface area contributed by atoms with Crippen LogP contribution >= 0.6 is 27.3 Å². The van der Waals surface area contributed by atoms with E-state index in [2.05, 4.69) is 47.1 Å². The van der Waals surface area contributed by atoms with Crippen molar-refractivity contribution in [2.75, 3.05) is 10.7 Å². The van der Waals surface area contributed by atoms with Gasteiger partial charge in [0.15, 0.2) is 5.13 Å². The Morgan fingerprint density at radius 3 is 2.58 bits per heavy atom. The molecule has 10 nitrogen and oxygen atoms in total. The zero-order chi connectivity index (χ0) is 22.0. The van der Waals surface area contributed by atoms with Gasteiger partial charge in [-0.15, -0.1) is 0 Å². The Morgan fingerprint density at radius 1 is 1.13 bits per heavy atom. The Hall–Kier alpha value is -3.64. The topological polar surface area (TPSA) is 135 Å². The first-order chi connectivity index (χ1) is 14.9. The standard InChI is InChI=1S/C19H14BrN7O3S/c1-10-3-2-4-13-14(10)23-19(31-13)24-16-15(27(29)30)17(22-9-21-16)25-26-18(28)11-5-7-12(20)8-6-11/h2-9H,1H3,(H,26,28)(H2,21,22,23,24,25). The summed E-state index contributed by atoms with van der Waals surface area (Å²) in [5.74, 6) is -0.682. The van der Waals surface area contributed by atoms with Crippen molar-refractivity contribution >= 4 is 65.8 Å². The first kappa shape index (κ1) is 20.6. The highest BCUT2D eigenvalue weighted by Gasteiger charge is 2.24. The highest BCUT2D eigenvalue weighted by molar-refractivity contribution is 9.10. The summed E-state index contributed by atoms with van der Waals surface area (Å²) < 4.78 is 1.77. The molecule has 0 saturated heterocycles. The van der Waals surface area contributed by atoms with Gasteiger partial charge in [-0.3, -0.25) is 25.8 Å². The van der Waals surface area contributed by atoms with Gasteiger partial charge in [-0.25, -0.2) is 15.0 Å². The minimum absolute atomic E-state index is 0.0444. The number of benzene rings is 2. The third kappa shape index (κ3) is 4.44. The van der Waals surface area contributed by atoms with Crippen LogP contribution in [0.15, 0.2) is 53.3 Å². The number of hydrazine groups is 1. The first-order valence-corrected chi connectivity index (χ1v) is 10.5. The fraction of sp³-hybridized carbons (Fsp3) is 0.0526. The predicted octanol–water partition coefficient (Wildman–Crippen LogP) is 4.57. The molecule has 3 N–H and O–H groups in total. The van der Waals surface area contributed by atoms with Crippen molar-refractivity contribution in [2.45, 2.75) is 6.92 Å². The van der Waals surface area contributed by atoms with Crippen molar-refractivity contribution in [3.63, 3.8) is 0 Å². The van der Waals surface area contributed by atoms with Crippen LogP contribution in [0.5, 0.6) is 0 Å². The van der Waals surface area contributed by atoms with E-state index in [1.54, 1.807) is 24.3 Å². The van der Waals surface area contributed by atoms with Crippen molar-refractivity contribution in [1.82, 2.24) is 20.4 Å². The quantitative estimate of drug-likeness (QED) is 0.259. The van der Waals surface area contributed by atoms with Crippen molar-refractivity contribution in [2.24, 2.45) is 0 Å². The minimum Gasteiger partial charge on any atom is -0.310 e. The molecule has 0 bridgehead atoms. The molecule has 0 aliphatic heterocycles. The van der Waals surface area contributed by atoms with Gasteiger partial charge in [0.1, 0.15) is 6.33 Å². The summed E-state index contributed by atoms with van der Waals surface area (Å²) >= 11 is 4.65. The maximum absolute atomic E-state index is 12.3. The number of nitro groups is 1. The van der Waals surface area contributed by atoms with Gasteiger partial charge in [-0.05, 0) is 42.8 Å². The summed E-state index contributed by atoms with van der Waals surface area (Å²) in [7, 11) is 0. The number of halogens is 1. The number of aromatic nitrogens is 3. The van der Waals surface area contributed by atoms with Crippen LogP contribution < -0.4 is 16.2 Å². The maximum atomic E-state index is 12.3. The third-order valence-electron chi connectivity index (χ3n) is 4.25. The summed E-state index contributed by atoms with van der Waals surface area (Å²) in [5.41, 5.74) is 6.68. The molecule has 0 fully saturated rings. The molecule has 2 aromatic carbocycles. The van der Waals surface area contributed by atoms with Crippen LogP contribution in [0, 0.1) is 17.0 Å². The number of fused-ring (bicyclic) bond motifs is 1. The van der Waals surface area contributed by atoms with E-state index < -0.39 is 16.5 Å². The Bertz CT molecular complexity index is 1290. The van der Waals surface area contributed by atoms with Gasteiger partial charge in [0.05, 0.1) is 15.1 Å². The molecule has 0 aliphatic carbocycles. The fourth-order valence-electron chi connectivity index (χ4n) is 2.77. The van der Waals surface area contributed by atoms with Crippen molar-refractivity contribution < 1.29 is 9.72 Å². The van der Waals surface area contributed by atoms with Crippen LogP contribution in [0.4, 0.5) is 22.5 Å². The molecule has 156 valence electrons. The molecule has 0 unspecified atom stereocenters. The summed E-state index contributed by atoms with van der Waals surface area (Å²) in [5, 5.41) is 15.1. The number of carbonyl (C=O) groups excluding carboxylic acids is 1. The molecule has 0 radical (unpaired) electrons. The first-order valence-electron chi connectivity index (χ1n) is 8.87. The highest BCUT2D eigenvalue weighted by Crippen LogP contribution is 2.34. The normalized spacial score (nSPS) is 10.6. The second kappa shape index (κ2) is 8.62. The molecule has 4 rings (SSSR count). The van der Waals surface area contributed by atoms with E-state index >= 15 is 0 Å². The molecule has 0 saturated carbocycles. The van der Waals surface area contributed by atoms with Gasteiger partial charge in [-0.1, -0.05) is 39.4 Å². The molecule has 1 amide bonds. The Labute approximate surface area is 188 Å². The number of aryl methyl sites for hydroxylation is 1. The lowest BCUT2D eigenvalue weighted by Crippen LogP contribution is -2.30. The van der Waals surface area contributed by atoms with Crippen LogP contribution in [0.2, 0.25) is 0 Å². The van der Waals surface area contributed by atoms with Gasteiger partial charge >= 0.3 is 5.69 Å². The summed E-state index contributed by atoms with van der Waals surface area (Å²) in [6.07, 6.45) is 1.15. The maximum Gasteiger partial charge on any atom is 0.355 e. The lowest BCUT2D eigenvalue weighted by atomic mass is 10.2. The molecule has 31 heavy (non-hydrogen) atoms. The average molecular weight is 500 g/mol. The number of anilines is 3. The largest absolute Gasteiger partial charge is 0.355 e. The van der Waals surface area contributed by atoms with Crippen LogP contribution in [-0.4, -0.2) is 25.8 Å². The predicted molar refractivity (Wildman–Crippen MR) is 122 cm³/mol. The SMILES string of the molecule is Cc1cccc2sc(Nc3ncnc(NNC(=O)c4ccc(Br)cc4)c3[N+](=O)[O-])nc12. The van der Waals surface area contributed by atoms with Gasteiger partial charge < -0.3 is 5.32 Å². The molecular formula is C19H14BrN7O3S. The second-order valence-electron chi connectivity index (χ2n) is 6.33. The van der Waals surface area contributed by atoms with E-state index in [-0.39, 0.29) is 11.6 Å². The van der Waals surface area contributed by atoms with Crippen molar-refractivity contribution in [1.29, 1.82) is 0 Å². The van der Waals surface area contributed by atoms with E-state index in [0.29, 0.717) is 10.7 Å². The molecule has 2 aromatic heterocycles. The molecule has 2 heterocycles. The molecule has 0 atom stereocenters. The van der Waals surface area contributed by atoms with E-state index in [9.17, 15) is 14.9 Å². The van der Waals surface area contributed by atoms with Crippen molar-refractivity contribution in [3.8, 4) is 0 Å². The number of hydrogen-bond acceptors (Lipinski definition) is 9. The molecule has 0 spiro atoms. The third-order valence-corrected chi connectivity index (χ3v) is 5.72. The Balaban J connectivity index is 1.58. The van der Waals surface area contributed by atoms with Gasteiger partial charge in [0.25, 0.3) is 5.91 Å². The highest BCUT2D eigenvalue weighted by atomic mass is 79.9. The van der Waals surface area contributed by atoms with Gasteiger partial charge in [0, 0.05) is 10.0 Å². The van der Waals surface area contributed by atoms with Crippen LogP contribution in [-0.2, 0) is 0 Å². The number of thiazole rings is 1. The Kier molecular flexibility index (Phi) is 5.73. The number of rotatable bonds is 6. The van der Waals surface area contributed by atoms with Gasteiger partial charge in [0.2, 0.25) is 11.6 Å². The summed E-state index contributed by atoms with van der Waals surface area (Å²) in [6.45, 7) is 1.94. The summed E-state index contributed by atoms with van der Waals surface area (Å²) in [4.78, 5) is 35.8. The van der Waals surface area contributed by atoms with E-state index in [4.69, 9.17) is 0 Å². The van der Waals surface area contributed by atoms with E-state index in [1.807, 2.05) is 25.1 Å². The van der Waals surface area contributed by atoms with E-state index in [0.717, 1.165) is 26.6 Å². The van der Waals surface area contributed by atoms with Gasteiger partial charge in [-0.2, -0.15) is 0 Å². The molecular weight excluding hydrogens is 486 g/mol. The van der Waals surface area contributed by atoms with Crippen LogP contribution in [0.3, 0.4) is 0 Å². The van der Waals surface area contributed by atoms with E-state index in [1.165, 1.54) is 11.3 Å². The lowest BCUT2D eigenvalue weighted by molar-refractivity contribution is -0.383. The second-order valence-corrected chi connectivity index (χ2v) is 8.27. The molecule has 12 heteroatoms. The lowest BCUT2D eigenvalue weighted by Gasteiger charge is -2.10. The smallest absolute Gasteiger partial charge is 0.310 e. The summed E-state index contributed by atoms with van der Waals surface area (Å²) in [6, 6.07) is 12.4. The number of nitrogens with zero attached hydrogens (tertiary/aromatic N) is 4.